The van der Waals surface area contributed by atoms with E-state index >= 15 is 0 Å². The number of carbonyl (C=O) groups excluding carboxylic acids is 2. The zero-order valence-electron chi connectivity index (χ0n) is 15.8. The van der Waals surface area contributed by atoms with E-state index in [1.807, 2.05) is 30.3 Å². The van der Waals surface area contributed by atoms with Crippen molar-refractivity contribution in [2.75, 3.05) is 6.61 Å². The second-order valence-corrected chi connectivity index (χ2v) is 6.79. The lowest BCUT2D eigenvalue weighted by molar-refractivity contribution is -0.123. The number of nitrogens with zero attached hydrogens (tertiary/aromatic N) is 1. The second-order valence-electron chi connectivity index (χ2n) is 6.79. The molecule has 146 valence electrons. The smallest absolute Gasteiger partial charge is 0.258 e. The molecule has 0 radical (unpaired) electrons. The highest BCUT2D eigenvalue weighted by Gasteiger charge is 2.17. The van der Waals surface area contributed by atoms with E-state index in [-0.39, 0.29) is 24.5 Å². The fourth-order valence-electron chi connectivity index (χ4n) is 3.15. The topological polar surface area (TPSA) is 80.3 Å². The van der Waals surface area contributed by atoms with E-state index in [0.717, 1.165) is 24.0 Å². The molecule has 1 saturated carbocycles. The molecular weight excluding hydrogens is 354 g/mol. The molecule has 1 aromatic heterocycles. The maximum Gasteiger partial charge on any atom is 0.258 e. The van der Waals surface area contributed by atoms with Gasteiger partial charge in [-0.1, -0.05) is 37.1 Å². The van der Waals surface area contributed by atoms with Crippen LogP contribution in [0.5, 0.6) is 5.75 Å². The van der Waals surface area contributed by atoms with Crippen molar-refractivity contribution in [2.24, 2.45) is 0 Å². The van der Waals surface area contributed by atoms with Crippen LogP contribution in [0.2, 0.25) is 0 Å². The van der Waals surface area contributed by atoms with Crippen LogP contribution in [-0.2, 0) is 16.1 Å². The van der Waals surface area contributed by atoms with Crippen molar-refractivity contribution >= 4 is 17.9 Å². The first-order valence-electron chi connectivity index (χ1n) is 9.57. The summed E-state index contributed by atoms with van der Waals surface area (Å²) in [5, 5.41) is 5.81. The van der Waals surface area contributed by atoms with Crippen LogP contribution in [0, 0.1) is 0 Å². The Bertz CT molecular complexity index is 815. The van der Waals surface area contributed by atoms with E-state index in [2.05, 4.69) is 15.6 Å². The first-order valence-corrected chi connectivity index (χ1v) is 9.57. The van der Waals surface area contributed by atoms with Crippen LogP contribution in [0.3, 0.4) is 0 Å². The van der Waals surface area contributed by atoms with Crippen LogP contribution >= 0.6 is 0 Å². The molecule has 0 atom stereocenters. The Morgan fingerprint density at radius 3 is 2.75 bits per heavy atom. The number of ether oxygens (including phenoxy) is 1. The van der Waals surface area contributed by atoms with Gasteiger partial charge in [0.2, 0.25) is 5.91 Å². The van der Waals surface area contributed by atoms with Gasteiger partial charge in [-0.15, -0.1) is 0 Å². The van der Waals surface area contributed by atoms with Crippen LogP contribution in [0.4, 0.5) is 0 Å². The van der Waals surface area contributed by atoms with Crippen molar-refractivity contribution in [3.05, 3.63) is 66.0 Å². The zero-order chi connectivity index (χ0) is 19.6. The summed E-state index contributed by atoms with van der Waals surface area (Å²) in [6.07, 6.45) is 11.0. The van der Waals surface area contributed by atoms with Crippen molar-refractivity contribution in [3.63, 3.8) is 0 Å². The number of hydrogen-bond donors (Lipinski definition) is 2. The summed E-state index contributed by atoms with van der Waals surface area (Å²) in [5.74, 6) is 0.248. The van der Waals surface area contributed by atoms with Gasteiger partial charge in [-0.05, 0) is 36.6 Å². The largest absolute Gasteiger partial charge is 0.483 e. The lowest BCUT2D eigenvalue weighted by atomic mass is 10.2. The standard InChI is InChI=1S/C22H25N3O3/c26-21(24-15-17-6-5-13-23-14-17)12-11-18-7-1-4-10-20(18)28-16-22(27)25-19-8-2-3-9-19/h1,4-7,10-14,19H,2-3,8-9,15-16H2,(H,24,26)(H,25,27). The first-order chi connectivity index (χ1) is 13.7. The highest BCUT2D eigenvalue weighted by atomic mass is 16.5. The SMILES string of the molecule is O=C(C=Cc1ccccc1OCC(=O)NC1CCCC1)NCc1cccnc1. The molecule has 3 rings (SSSR count). The number of aromatic nitrogens is 1. The molecule has 1 heterocycles. The van der Waals surface area contributed by atoms with Gasteiger partial charge in [-0.2, -0.15) is 0 Å². The molecule has 2 aromatic rings. The number of pyridine rings is 1. The predicted octanol–water partition coefficient (Wildman–Crippen LogP) is 2.85. The molecule has 1 aliphatic rings. The van der Waals surface area contributed by atoms with Crippen molar-refractivity contribution in [2.45, 2.75) is 38.3 Å². The van der Waals surface area contributed by atoms with E-state index < -0.39 is 0 Å². The van der Waals surface area contributed by atoms with Crippen molar-refractivity contribution in [1.82, 2.24) is 15.6 Å². The van der Waals surface area contributed by atoms with Gasteiger partial charge in [-0.25, -0.2) is 0 Å². The van der Waals surface area contributed by atoms with E-state index in [1.165, 1.54) is 18.9 Å². The lowest BCUT2D eigenvalue weighted by Crippen LogP contribution is -2.36. The molecule has 0 aliphatic heterocycles. The van der Waals surface area contributed by atoms with E-state index in [9.17, 15) is 9.59 Å². The third-order valence-electron chi connectivity index (χ3n) is 4.60. The van der Waals surface area contributed by atoms with E-state index in [1.54, 1.807) is 24.5 Å². The van der Waals surface area contributed by atoms with E-state index in [0.29, 0.717) is 12.3 Å². The molecule has 0 bridgehead atoms. The van der Waals surface area contributed by atoms with Crippen LogP contribution < -0.4 is 15.4 Å². The fraction of sp³-hybridized carbons (Fsp3) is 0.318. The van der Waals surface area contributed by atoms with Crippen molar-refractivity contribution in [3.8, 4) is 5.75 Å². The number of rotatable bonds is 8. The fourth-order valence-corrected chi connectivity index (χ4v) is 3.15. The Labute approximate surface area is 165 Å². The summed E-state index contributed by atoms with van der Waals surface area (Å²) in [6, 6.07) is 11.3. The van der Waals surface area contributed by atoms with Gasteiger partial charge < -0.3 is 15.4 Å². The third-order valence-corrected chi connectivity index (χ3v) is 4.60. The Hall–Kier alpha value is -3.15. The molecule has 2 N–H and O–H groups in total. The molecule has 1 fully saturated rings. The number of para-hydroxylation sites is 1. The van der Waals surface area contributed by atoms with Crippen LogP contribution in [0.1, 0.15) is 36.8 Å². The van der Waals surface area contributed by atoms with Crippen LogP contribution in [-0.4, -0.2) is 29.4 Å². The number of hydrogen-bond acceptors (Lipinski definition) is 4. The van der Waals surface area contributed by atoms with E-state index in [4.69, 9.17) is 4.74 Å². The molecule has 6 heteroatoms. The number of carbonyl (C=O) groups is 2. The third kappa shape index (κ3) is 6.23. The minimum Gasteiger partial charge on any atom is -0.483 e. The molecule has 2 amide bonds. The number of benzene rings is 1. The average molecular weight is 379 g/mol. The highest BCUT2D eigenvalue weighted by molar-refractivity contribution is 5.92. The predicted molar refractivity (Wildman–Crippen MR) is 107 cm³/mol. The maximum absolute atomic E-state index is 12.0. The molecule has 28 heavy (non-hydrogen) atoms. The molecule has 0 spiro atoms. The van der Waals surface area contributed by atoms with Gasteiger partial charge in [0.15, 0.2) is 6.61 Å². The number of nitrogens with one attached hydrogen (secondary N) is 2. The molecule has 1 aliphatic carbocycles. The van der Waals surface area contributed by atoms with Gasteiger partial charge in [0.25, 0.3) is 5.91 Å². The summed E-state index contributed by atoms with van der Waals surface area (Å²) in [6.45, 7) is 0.380. The summed E-state index contributed by atoms with van der Waals surface area (Å²) in [7, 11) is 0. The van der Waals surface area contributed by atoms with Crippen molar-refractivity contribution < 1.29 is 14.3 Å². The maximum atomic E-state index is 12.0. The van der Waals surface area contributed by atoms with Crippen LogP contribution in [0.25, 0.3) is 6.08 Å². The Morgan fingerprint density at radius 2 is 1.96 bits per heavy atom. The summed E-state index contributed by atoms with van der Waals surface area (Å²) in [4.78, 5) is 28.1. The summed E-state index contributed by atoms with van der Waals surface area (Å²) >= 11 is 0. The quantitative estimate of drug-likeness (QED) is 0.691. The first kappa shape index (κ1) is 19.6. The monoisotopic (exact) mass is 379 g/mol. The summed E-state index contributed by atoms with van der Waals surface area (Å²) in [5.41, 5.74) is 1.67. The van der Waals surface area contributed by atoms with Gasteiger partial charge in [0, 0.05) is 36.6 Å². The zero-order valence-corrected chi connectivity index (χ0v) is 15.8. The van der Waals surface area contributed by atoms with Gasteiger partial charge >= 0.3 is 0 Å². The van der Waals surface area contributed by atoms with Crippen LogP contribution in [0.15, 0.2) is 54.9 Å². The van der Waals surface area contributed by atoms with Gasteiger partial charge in [-0.3, -0.25) is 14.6 Å². The average Bonchev–Trinajstić information content (AvgIpc) is 3.23. The minimum atomic E-state index is -0.211. The molecule has 0 saturated heterocycles. The highest BCUT2D eigenvalue weighted by Crippen LogP contribution is 2.20. The second kappa shape index (κ2) is 10.3. The molecular formula is C22H25N3O3. The lowest BCUT2D eigenvalue weighted by Gasteiger charge is -2.13. The number of amides is 2. The minimum absolute atomic E-state index is 0.0332. The van der Waals surface area contributed by atoms with Gasteiger partial charge in [0.1, 0.15) is 5.75 Å². The van der Waals surface area contributed by atoms with Crippen molar-refractivity contribution in [1.29, 1.82) is 0 Å². The summed E-state index contributed by atoms with van der Waals surface area (Å²) < 4.78 is 5.67. The molecule has 1 aromatic carbocycles. The van der Waals surface area contributed by atoms with Gasteiger partial charge in [0.05, 0.1) is 0 Å². The Balaban J connectivity index is 1.50. The Kier molecular flexibility index (Phi) is 7.18. The molecule has 0 unspecified atom stereocenters. The normalized spacial score (nSPS) is 14.1. The Morgan fingerprint density at radius 1 is 1.14 bits per heavy atom. The molecule has 6 nitrogen and oxygen atoms in total.